The summed E-state index contributed by atoms with van der Waals surface area (Å²) in [5.41, 5.74) is 0. The van der Waals surface area contributed by atoms with Crippen molar-refractivity contribution in [3.63, 3.8) is 0 Å². The van der Waals surface area contributed by atoms with E-state index in [0.29, 0.717) is 12.5 Å². The SMILES string of the molecule is CC1CCCCC1OCCNS(=O)(=O)c1ncn(C)c1Cl. The molecule has 0 bridgehead atoms. The van der Waals surface area contributed by atoms with Crippen LogP contribution in [0.5, 0.6) is 0 Å². The molecule has 0 aromatic carbocycles. The van der Waals surface area contributed by atoms with Crippen LogP contribution in [0.25, 0.3) is 0 Å². The fraction of sp³-hybridized carbons (Fsp3) is 0.769. The predicted octanol–water partition coefficient (Wildman–Crippen LogP) is 1.95. The lowest BCUT2D eigenvalue weighted by Crippen LogP contribution is -2.32. The zero-order chi connectivity index (χ0) is 15.5. The van der Waals surface area contributed by atoms with E-state index < -0.39 is 10.0 Å². The van der Waals surface area contributed by atoms with Gasteiger partial charge in [0.2, 0.25) is 5.03 Å². The molecule has 2 unspecified atom stereocenters. The van der Waals surface area contributed by atoms with Crippen LogP contribution in [-0.4, -0.2) is 37.2 Å². The van der Waals surface area contributed by atoms with Gasteiger partial charge in [-0.1, -0.05) is 31.4 Å². The second-order valence-electron chi connectivity index (χ2n) is 5.52. The molecule has 0 amide bonds. The number of aromatic nitrogens is 2. The van der Waals surface area contributed by atoms with Crippen LogP contribution in [0, 0.1) is 5.92 Å². The molecule has 1 saturated carbocycles. The number of hydrogen-bond acceptors (Lipinski definition) is 4. The number of imidazole rings is 1. The molecule has 21 heavy (non-hydrogen) atoms. The average molecular weight is 336 g/mol. The van der Waals surface area contributed by atoms with Crippen molar-refractivity contribution in [1.82, 2.24) is 14.3 Å². The normalized spacial score (nSPS) is 23.4. The van der Waals surface area contributed by atoms with Crippen LogP contribution >= 0.6 is 11.6 Å². The number of nitrogens with one attached hydrogen (secondary N) is 1. The summed E-state index contributed by atoms with van der Waals surface area (Å²) >= 11 is 5.90. The Hall–Kier alpha value is -0.630. The number of sulfonamides is 1. The highest BCUT2D eigenvalue weighted by Crippen LogP contribution is 2.26. The number of aryl methyl sites for hydroxylation is 1. The van der Waals surface area contributed by atoms with Gasteiger partial charge in [-0.25, -0.2) is 18.1 Å². The zero-order valence-corrected chi connectivity index (χ0v) is 14.0. The van der Waals surface area contributed by atoms with Gasteiger partial charge < -0.3 is 9.30 Å². The third-order valence-corrected chi connectivity index (χ3v) is 5.80. The monoisotopic (exact) mass is 335 g/mol. The van der Waals surface area contributed by atoms with Gasteiger partial charge in [0.25, 0.3) is 10.0 Å². The predicted molar refractivity (Wildman–Crippen MR) is 80.8 cm³/mol. The number of halogens is 1. The average Bonchev–Trinajstić information content (AvgIpc) is 2.77. The van der Waals surface area contributed by atoms with Crippen molar-refractivity contribution in [3.8, 4) is 0 Å². The number of hydrogen-bond donors (Lipinski definition) is 1. The van der Waals surface area contributed by atoms with Gasteiger partial charge in [-0.15, -0.1) is 0 Å². The minimum atomic E-state index is -3.68. The van der Waals surface area contributed by atoms with Crippen LogP contribution < -0.4 is 4.72 Å². The molecule has 2 rings (SSSR count). The van der Waals surface area contributed by atoms with Gasteiger partial charge in [0.05, 0.1) is 19.0 Å². The summed E-state index contributed by atoms with van der Waals surface area (Å²) in [6.45, 7) is 2.76. The van der Waals surface area contributed by atoms with Crippen molar-refractivity contribution in [2.45, 2.75) is 43.7 Å². The van der Waals surface area contributed by atoms with Crippen molar-refractivity contribution >= 4 is 21.6 Å². The summed E-state index contributed by atoms with van der Waals surface area (Å²) in [6, 6.07) is 0. The highest BCUT2D eigenvalue weighted by molar-refractivity contribution is 7.89. The lowest BCUT2D eigenvalue weighted by Gasteiger charge is -2.28. The summed E-state index contributed by atoms with van der Waals surface area (Å²) < 4.78 is 33.8. The second-order valence-corrected chi connectivity index (χ2v) is 7.56. The molecule has 1 fully saturated rings. The largest absolute Gasteiger partial charge is 0.377 e. The van der Waals surface area contributed by atoms with Crippen LogP contribution in [0.3, 0.4) is 0 Å². The van der Waals surface area contributed by atoms with Gasteiger partial charge in [-0.2, -0.15) is 0 Å². The number of ether oxygens (including phenoxy) is 1. The maximum absolute atomic E-state index is 12.1. The molecular weight excluding hydrogens is 314 g/mol. The van der Waals surface area contributed by atoms with E-state index in [9.17, 15) is 8.42 Å². The Morgan fingerprint density at radius 1 is 1.48 bits per heavy atom. The number of nitrogens with zero attached hydrogens (tertiary/aromatic N) is 2. The van der Waals surface area contributed by atoms with E-state index in [1.54, 1.807) is 7.05 Å². The molecule has 8 heteroatoms. The smallest absolute Gasteiger partial charge is 0.261 e. The topological polar surface area (TPSA) is 73.2 Å². The first-order valence-corrected chi connectivity index (χ1v) is 9.06. The Morgan fingerprint density at radius 2 is 2.19 bits per heavy atom. The zero-order valence-electron chi connectivity index (χ0n) is 12.4. The number of rotatable bonds is 6. The van der Waals surface area contributed by atoms with E-state index in [4.69, 9.17) is 16.3 Å². The van der Waals surface area contributed by atoms with Gasteiger partial charge in [0, 0.05) is 13.6 Å². The standard InChI is InChI=1S/C13H22ClN3O3S/c1-10-5-3-4-6-11(10)20-8-7-16-21(18,19)13-12(14)17(2)9-15-13/h9-11,16H,3-8H2,1-2H3. The van der Waals surface area contributed by atoms with Crippen LogP contribution in [0.1, 0.15) is 32.6 Å². The van der Waals surface area contributed by atoms with E-state index >= 15 is 0 Å². The van der Waals surface area contributed by atoms with Gasteiger partial charge in [-0.05, 0) is 18.8 Å². The fourth-order valence-corrected chi connectivity index (χ4v) is 4.00. The minimum absolute atomic E-state index is 0.101. The van der Waals surface area contributed by atoms with Crippen molar-refractivity contribution in [1.29, 1.82) is 0 Å². The summed E-state index contributed by atoms with van der Waals surface area (Å²) in [4.78, 5) is 3.81. The summed E-state index contributed by atoms with van der Waals surface area (Å²) in [5.74, 6) is 0.542. The molecule has 0 radical (unpaired) electrons. The van der Waals surface area contributed by atoms with E-state index in [1.807, 2.05) is 0 Å². The Balaban J connectivity index is 1.81. The summed E-state index contributed by atoms with van der Waals surface area (Å²) in [6.07, 6.45) is 6.29. The Morgan fingerprint density at radius 3 is 2.81 bits per heavy atom. The van der Waals surface area contributed by atoms with Crippen LogP contribution in [-0.2, 0) is 21.8 Å². The van der Waals surface area contributed by atoms with Gasteiger partial charge in [0.1, 0.15) is 5.15 Å². The van der Waals surface area contributed by atoms with Gasteiger partial charge in [0.15, 0.2) is 0 Å². The van der Waals surface area contributed by atoms with Crippen molar-refractivity contribution in [2.24, 2.45) is 13.0 Å². The molecule has 120 valence electrons. The van der Waals surface area contributed by atoms with Crippen molar-refractivity contribution < 1.29 is 13.2 Å². The minimum Gasteiger partial charge on any atom is -0.377 e. The van der Waals surface area contributed by atoms with Crippen molar-refractivity contribution in [3.05, 3.63) is 11.5 Å². The molecule has 1 heterocycles. The molecule has 1 N–H and O–H groups in total. The third-order valence-electron chi connectivity index (χ3n) is 3.85. The summed E-state index contributed by atoms with van der Waals surface area (Å²) in [5, 5.41) is -0.0398. The second kappa shape index (κ2) is 7.09. The quantitative estimate of drug-likeness (QED) is 0.806. The molecule has 1 aliphatic carbocycles. The highest BCUT2D eigenvalue weighted by Gasteiger charge is 2.23. The molecule has 6 nitrogen and oxygen atoms in total. The van der Waals surface area contributed by atoms with Gasteiger partial charge in [-0.3, -0.25) is 0 Å². The van der Waals surface area contributed by atoms with E-state index in [1.165, 1.54) is 30.2 Å². The van der Waals surface area contributed by atoms with Crippen molar-refractivity contribution in [2.75, 3.05) is 13.2 Å². The Kier molecular flexibility index (Phi) is 5.65. The first kappa shape index (κ1) is 16.7. The van der Waals surface area contributed by atoms with E-state index in [0.717, 1.165) is 6.42 Å². The lowest BCUT2D eigenvalue weighted by atomic mass is 9.88. The molecule has 1 aromatic rings. The molecular formula is C13H22ClN3O3S. The van der Waals surface area contributed by atoms with Crippen LogP contribution in [0.15, 0.2) is 11.4 Å². The van der Waals surface area contributed by atoms with E-state index in [-0.39, 0.29) is 22.8 Å². The Bertz CT molecular complexity index is 573. The van der Waals surface area contributed by atoms with Crippen LogP contribution in [0.2, 0.25) is 5.15 Å². The van der Waals surface area contributed by atoms with E-state index in [2.05, 4.69) is 16.6 Å². The lowest BCUT2D eigenvalue weighted by molar-refractivity contribution is -0.00177. The maximum Gasteiger partial charge on any atom is 0.261 e. The maximum atomic E-state index is 12.1. The third kappa shape index (κ3) is 4.18. The first-order chi connectivity index (χ1) is 9.92. The van der Waals surface area contributed by atoms with Crippen LogP contribution in [0.4, 0.5) is 0 Å². The Labute approximate surface area is 130 Å². The molecule has 0 aliphatic heterocycles. The van der Waals surface area contributed by atoms with Gasteiger partial charge >= 0.3 is 0 Å². The summed E-state index contributed by atoms with van der Waals surface area (Å²) in [7, 11) is -2.04. The fourth-order valence-electron chi connectivity index (χ4n) is 2.56. The first-order valence-electron chi connectivity index (χ1n) is 7.20. The molecule has 2 atom stereocenters. The highest BCUT2D eigenvalue weighted by atomic mass is 35.5. The molecule has 0 spiro atoms. The molecule has 1 aromatic heterocycles. The molecule has 0 saturated heterocycles. The molecule has 1 aliphatic rings.